The average molecular weight is 359 g/mol. The smallest absolute Gasteiger partial charge is 0.290 e. The van der Waals surface area contributed by atoms with Crippen LogP contribution in [0.4, 0.5) is 0 Å². The van der Waals surface area contributed by atoms with Gasteiger partial charge in [-0.3, -0.25) is 4.79 Å². The summed E-state index contributed by atoms with van der Waals surface area (Å²) in [6, 6.07) is 3.46. The molecule has 0 saturated heterocycles. The van der Waals surface area contributed by atoms with Gasteiger partial charge in [0.05, 0.1) is 30.4 Å². The van der Waals surface area contributed by atoms with Crippen LogP contribution in [-0.4, -0.2) is 20.8 Å². The average Bonchev–Trinajstić information content (AvgIpc) is 3.31. The Morgan fingerprint density at radius 2 is 2.12 bits per heavy atom. The number of rotatable bonds is 5. The molecule has 1 aliphatic rings. The molecule has 4 rings (SSSR count). The molecule has 0 aromatic carbocycles. The van der Waals surface area contributed by atoms with Gasteiger partial charge in [0.15, 0.2) is 5.76 Å². The number of aromatic nitrogens is 2. The maximum atomic E-state index is 12.4. The van der Waals surface area contributed by atoms with Crippen molar-refractivity contribution in [1.82, 2.24) is 14.9 Å². The Balaban J connectivity index is 1.33. The first-order valence-electron chi connectivity index (χ1n) is 7.90. The number of carbonyl (C=O) groups excluding carboxylic acids is 1. The zero-order valence-corrected chi connectivity index (χ0v) is 14.8. The number of amides is 1. The van der Waals surface area contributed by atoms with E-state index >= 15 is 0 Å². The molecule has 0 atom stereocenters. The van der Waals surface area contributed by atoms with E-state index in [2.05, 4.69) is 9.97 Å². The lowest BCUT2D eigenvalue weighted by molar-refractivity contribution is 0.0693. The minimum Gasteiger partial charge on any atom is -0.456 e. The molecule has 8 heteroatoms. The van der Waals surface area contributed by atoms with Crippen LogP contribution in [0, 0.1) is 13.8 Å². The predicted octanol–water partition coefficient (Wildman–Crippen LogP) is 3.21. The molecule has 0 unspecified atom stereocenters. The third kappa shape index (κ3) is 3.35. The van der Waals surface area contributed by atoms with E-state index in [9.17, 15) is 4.79 Å². The van der Waals surface area contributed by atoms with Crippen molar-refractivity contribution in [2.24, 2.45) is 0 Å². The molecule has 4 heterocycles. The van der Waals surface area contributed by atoms with Crippen molar-refractivity contribution in [3.05, 3.63) is 57.1 Å². The molecule has 130 valence electrons. The van der Waals surface area contributed by atoms with Gasteiger partial charge in [-0.25, -0.2) is 9.97 Å². The van der Waals surface area contributed by atoms with E-state index in [-0.39, 0.29) is 12.5 Å². The lowest BCUT2D eigenvalue weighted by atomic mass is 10.4. The van der Waals surface area contributed by atoms with Gasteiger partial charge >= 0.3 is 0 Å². The Labute approximate surface area is 148 Å². The first-order valence-corrected chi connectivity index (χ1v) is 8.78. The molecule has 1 aliphatic heterocycles. The normalized spacial score (nSPS) is 13.4. The number of ether oxygens (including phenoxy) is 1. The molecule has 0 spiro atoms. The lowest BCUT2D eigenvalue weighted by Gasteiger charge is -2.12. The number of nitrogens with zero attached hydrogens (tertiary/aromatic N) is 3. The van der Waals surface area contributed by atoms with Crippen LogP contribution in [0.1, 0.15) is 44.4 Å². The Morgan fingerprint density at radius 3 is 2.80 bits per heavy atom. The molecule has 3 aromatic heterocycles. The molecule has 3 aromatic rings. The number of oxazole rings is 1. The van der Waals surface area contributed by atoms with Gasteiger partial charge in [-0.1, -0.05) is 0 Å². The molecule has 1 amide bonds. The molecule has 0 fully saturated rings. The minimum absolute atomic E-state index is 0.155. The van der Waals surface area contributed by atoms with Crippen molar-refractivity contribution < 1.29 is 18.4 Å². The van der Waals surface area contributed by atoms with Gasteiger partial charge < -0.3 is 18.5 Å². The van der Waals surface area contributed by atoms with Crippen molar-refractivity contribution in [2.75, 3.05) is 0 Å². The van der Waals surface area contributed by atoms with E-state index in [1.807, 2.05) is 19.2 Å². The van der Waals surface area contributed by atoms with Crippen molar-refractivity contribution in [3.63, 3.8) is 0 Å². The van der Waals surface area contributed by atoms with Crippen LogP contribution in [0.3, 0.4) is 0 Å². The summed E-state index contributed by atoms with van der Waals surface area (Å²) in [6.45, 7) is 5.30. The summed E-state index contributed by atoms with van der Waals surface area (Å²) in [5.74, 6) is 2.13. The second kappa shape index (κ2) is 6.45. The zero-order chi connectivity index (χ0) is 17.4. The molecule has 25 heavy (non-hydrogen) atoms. The topological polar surface area (TPSA) is 81.6 Å². The number of aryl methyl sites for hydroxylation is 2. The van der Waals surface area contributed by atoms with Gasteiger partial charge in [0, 0.05) is 5.38 Å². The molecular formula is C17H17N3O4S. The molecule has 0 N–H and O–H groups in total. The minimum atomic E-state index is -0.155. The highest BCUT2D eigenvalue weighted by Gasteiger charge is 2.30. The highest BCUT2D eigenvalue weighted by Crippen LogP contribution is 2.25. The van der Waals surface area contributed by atoms with Crippen molar-refractivity contribution in [1.29, 1.82) is 0 Å². The van der Waals surface area contributed by atoms with Crippen LogP contribution < -0.4 is 0 Å². The van der Waals surface area contributed by atoms with Crippen molar-refractivity contribution in [2.45, 2.75) is 40.2 Å². The van der Waals surface area contributed by atoms with E-state index in [4.69, 9.17) is 13.6 Å². The van der Waals surface area contributed by atoms with Gasteiger partial charge in [-0.2, -0.15) is 0 Å². The second-order valence-corrected chi connectivity index (χ2v) is 6.96. The first-order chi connectivity index (χ1) is 12.1. The maximum absolute atomic E-state index is 12.4. The fraction of sp³-hybridized carbons (Fsp3) is 0.353. The number of thiazole rings is 1. The Hall–Kier alpha value is -2.45. The van der Waals surface area contributed by atoms with Crippen LogP contribution in [0.2, 0.25) is 0 Å². The number of hydrogen-bond acceptors (Lipinski definition) is 7. The number of hydrogen-bond donors (Lipinski definition) is 0. The third-order valence-electron chi connectivity index (χ3n) is 3.88. The monoisotopic (exact) mass is 359 g/mol. The summed E-state index contributed by atoms with van der Waals surface area (Å²) in [5.41, 5.74) is 1.69. The first kappa shape index (κ1) is 16.0. The molecule has 0 bridgehead atoms. The van der Waals surface area contributed by atoms with E-state index in [0.717, 1.165) is 16.4 Å². The number of furan rings is 1. The van der Waals surface area contributed by atoms with Gasteiger partial charge in [0.1, 0.15) is 23.8 Å². The van der Waals surface area contributed by atoms with Crippen molar-refractivity contribution in [3.8, 4) is 0 Å². The summed E-state index contributed by atoms with van der Waals surface area (Å²) < 4.78 is 16.7. The summed E-state index contributed by atoms with van der Waals surface area (Å²) >= 11 is 1.60. The van der Waals surface area contributed by atoms with E-state index in [1.54, 1.807) is 28.4 Å². The highest BCUT2D eigenvalue weighted by atomic mass is 32.1. The third-order valence-corrected chi connectivity index (χ3v) is 4.70. The van der Waals surface area contributed by atoms with Gasteiger partial charge in [-0.15, -0.1) is 11.3 Å². The molecule has 0 saturated carbocycles. The Kier molecular flexibility index (Phi) is 4.14. The summed E-state index contributed by atoms with van der Waals surface area (Å²) in [5, 5.41) is 3.00. The predicted molar refractivity (Wildman–Crippen MR) is 88.9 cm³/mol. The zero-order valence-electron chi connectivity index (χ0n) is 13.9. The van der Waals surface area contributed by atoms with Crippen LogP contribution in [-0.2, 0) is 31.0 Å². The maximum Gasteiger partial charge on any atom is 0.290 e. The van der Waals surface area contributed by atoms with Gasteiger partial charge in [0.2, 0.25) is 5.89 Å². The van der Waals surface area contributed by atoms with Crippen LogP contribution in [0.5, 0.6) is 0 Å². The van der Waals surface area contributed by atoms with E-state index in [1.165, 1.54) is 0 Å². The number of fused-ring (bicyclic) bond motifs is 1. The molecular weight excluding hydrogens is 342 g/mol. The number of carbonyl (C=O) groups is 1. The Morgan fingerprint density at radius 1 is 1.24 bits per heavy atom. The second-order valence-electron chi connectivity index (χ2n) is 5.90. The molecule has 7 nitrogen and oxygen atoms in total. The fourth-order valence-electron chi connectivity index (χ4n) is 2.72. The molecule has 0 aliphatic carbocycles. The summed E-state index contributed by atoms with van der Waals surface area (Å²) in [7, 11) is 0. The summed E-state index contributed by atoms with van der Waals surface area (Å²) in [4.78, 5) is 22.8. The van der Waals surface area contributed by atoms with Crippen molar-refractivity contribution >= 4 is 17.2 Å². The van der Waals surface area contributed by atoms with Crippen LogP contribution >= 0.6 is 11.3 Å². The van der Waals surface area contributed by atoms with Crippen LogP contribution in [0.25, 0.3) is 0 Å². The lowest BCUT2D eigenvalue weighted by Crippen LogP contribution is -2.25. The standard InChI is InChI=1S/C17H17N3O4S/c1-10-3-4-14(23-10)17(21)20-5-13-15(6-20)24-16(19-13)8-22-7-12-9-25-11(2)18-12/h3-4,9H,5-8H2,1-2H3. The Bertz CT molecular complexity index is 887. The van der Waals surface area contributed by atoms with Gasteiger partial charge in [0.25, 0.3) is 5.91 Å². The van der Waals surface area contributed by atoms with Gasteiger partial charge in [-0.05, 0) is 26.0 Å². The SMILES string of the molecule is Cc1ccc(C(=O)N2Cc3nc(COCc4csc(C)n4)oc3C2)o1. The quantitative estimate of drug-likeness (QED) is 0.696. The van der Waals surface area contributed by atoms with E-state index in [0.29, 0.717) is 42.9 Å². The largest absolute Gasteiger partial charge is 0.456 e. The highest BCUT2D eigenvalue weighted by molar-refractivity contribution is 7.09. The van der Waals surface area contributed by atoms with Crippen LogP contribution in [0.15, 0.2) is 26.3 Å². The van der Waals surface area contributed by atoms with E-state index < -0.39 is 0 Å². The molecule has 0 radical (unpaired) electrons. The fourth-order valence-corrected chi connectivity index (χ4v) is 3.32. The summed E-state index contributed by atoms with van der Waals surface area (Å²) in [6.07, 6.45) is 0.